The molecule has 0 radical (unpaired) electrons. The molecule has 0 saturated carbocycles. The Morgan fingerprint density at radius 1 is 1.33 bits per heavy atom. The molecule has 0 aromatic heterocycles. The summed E-state index contributed by atoms with van der Waals surface area (Å²) in [4.78, 5) is 13.3. The topological polar surface area (TPSA) is 20.3 Å². The highest BCUT2D eigenvalue weighted by atomic mass is 16.1. The summed E-state index contributed by atoms with van der Waals surface area (Å²) >= 11 is 0. The van der Waals surface area contributed by atoms with Crippen LogP contribution in [0.25, 0.3) is 0 Å². The average molecular weight is 171 g/mol. The number of nitrogens with zero attached hydrogens (tertiary/aromatic N) is 1. The number of rotatable bonds is 5. The van der Waals surface area contributed by atoms with Crippen molar-refractivity contribution in [1.29, 1.82) is 0 Å². The second-order valence-electron chi connectivity index (χ2n) is 4.20. The minimum absolute atomic E-state index is 0.222. The Balaban J connectivity index is 3.96. The van der Waals surface area contributed by atoms with E-state index >= 15 is 0 Å². The van der Waals surface area contributed by atoms with Crippen molar-refractivity contribution in [2.24, 2.45) is 11.8 Å². The minimum atomic E-state index is 0.222. The molecule has 2 heteroatoms. The number of ketones is 1. The van der Waals surface area contributed by atoms with Gasteiger partial charge in [0.05, 0.1) is 0 Å². The second-order valence-corrected chi connectivity index (χ2v) is 4.20. The monoisotopic (exact) mass is 171 g/mol. The summed E-state index contributed by atoms with van der Waals surface area (Å²) in [5, 5.41) is 0. The van der Waals surface area contributed by atoms with Crippen molar-refractivity contribution >= 4 is 5.78 Å². The molecule has 0 aromatic carbocycles. The summed E-state index contributed by atoms with van der Waals surface area (Å²) in [6, 6.07) is 0. The third-order valence-corrected chi connectivity index (χ3v) is 1.92. The molecule has 0 aromatic rings. The van der Waals surface area contributed by atoms with Gasteiger partial charge in [-0.25, -0.2) is 0 Å². The van der Waals surface area contributed by atoms with E-state index in [0.717, 1.165) is 13.0 Å². The van der Waals surface area contributed by atoms with Crippen molar-refractivity contribution in [2.75, 3.05) is 20.6 Å². The van der Waals surface area contributed by atoms with Crippen LogP contribution in [0.3, 0.4) is 0 Å². The van der Waals surface area contributed by atoms with Crippen molar-refractivity contribution in [2.45, 2.75) is 27.2 Å². The van der Waals surface area contributed by atoms with E-state index in [2.05, 4.69) is 18.7 Å². The van der Waals surface area contributed by atoms with Gasteiger partial charge in [-0.15, -0.1) is 0 Å². The van der Waals surface area contributed by atoms with Crippen molar-refractivity contribution in [3.05, 3.63) is 0 Å². The summed E-state index contributed by atoms with van der Waals surface area (Å²) < 4.78 is 0. The Morgan fingerprint density at radius 3 is 2.08 bits per heavy atom. The average Bonchev–Trinajstić information content (AvgIpc) is 1.83. The van der Waals surface area contributed by atoms with Gasteiger partial charge in [-0.1, -0.05) is 13.8 Å². The van der Waals surface area contributed by atoms with Crippen LogP contribution in [0, 0.1) is 11.8 Å². The first-order valence-electron chi connectivity index (χ1n) is 4.58. The zero-order chi connectivity index (χ0) is 9.72. The molecule has 0 rings (SSSR count). The quantitative estimate of drug-likeness (QED) is 0.628. The molecule has 0 aliphatic heterocycles. The summed E-state index contributed by atoms with van der Waals surface area (Å²) in [7, 11) is 4.02. The SMILES string of the molecule is CC(=O)[C@H](CC(C)C)CN(C)C. The molecular formula is C10H21NO. The molecule has 0 spiro atoms. The molecule has 0 unspecified atom stereocenters. The lowest BCUT2D eigenvalue weighted by Crippen LogP contribution is -2.27. The molecule has 1 atom stereocenters. The van der Waals surface area contributed by atoms with Crippen molar-refractivity contribution in [1.82, 2.24) is 4.90 Å². The lowest BCUT2D eigenvalue weighted by atomic mass is 9.93. The van der Waals surface area contributed by atoms with Crippen LogP contribution in [0.5, 0.6) is 0 Å². The van der Waals surface area contributed by atoms with Gasteiger partial charge in [0.2, 0.25) is 0 Å². The molecule has 12 heavy (non-hydrogen) atoms. The zero-order valence-electron chi connectivity index (χ0n) is 8.92. The molecule has 0 saturated heterocycles. The Kier molecular flexibility index (Phi) is 5.14. The van der Waals surface area contributed by atoms with E-state index < -0.39 is 0 Å². The fourth-order valence-corrected chi connectivity index (χ4v) is 1.38. The summed E-state index contributed by atoms with van der Waals surface area (Å²) in [6.45, 7) is 6.89. The number of carbonyl (C=O) groups excluding carboxylic acids is 1. The van der Waals surface area contributed by atoms with Gasteiger partial charge in [0.15, 0.2) is 0 Å². The van der Waals surface area contributed by atoms with Gasteiger partial charge in [-0.05, 0) is 33.4 Å². The van der Waals surface area contributed by atoms with E-state index in [0.29, 0.717) is 11.7 Å². The molecule has 0 bridgehead atoms. The third kappa shape index (κ3) is 5.30. The van der Waals surface area contributed by atoms with E-state index in [1.807, 2.05) is 14.1 Å². The van der Waals surface area contributed by atoms with Gasteiger partial charge < -0.3 is 4.90 Å². The van der Waals surface area contributed by atoms with E-state index in [1.165, 1.54) is 0 Å². The molecule has 0 aliphatic carbocycles. The van der Waals surface area contributed by atoms with Crippen LogP contribution in [-0.4, -0.2) is 31.3 Å². The number of Topliss-reactive ketones (excluding diaryl/α,β-unsaturated/α-hetero) is 1. The van der Waals surface area contributed by atoms with Crippen LogP contribution in [0.15, 0.2) is 0 Å². The normalized spacial score (nSPS) is 13.9. The largest absolute Gasteiger partial charge is 0.309 e. The van der Waals surface area contributed by atoms with Gasteiger partial charge in [0.25, 0.3) is 0 Å². The van der Waals surface area contributed by atoms with Crippen molar-refractivity contribution in [3.63, 3.8) is 0 Å². The standard InChI is InChI=1S/C10H21NO/c1-8(2)6-10(9(3)12)7-11(4)5/h8,10H,6-7H2,1-5H3/t10-/m1/s1. The van der Waals surface area contributed by atoms with Crippen LogP contribution in [-0.2, 0) is 4.79 Å². The van der Waals surface area contributed by atoms with Crippen molar-refractivity contribution in [3.8, 4) is 0 Å². The highest BCUT2D eigenvalue weighted by molar-refractivity contribution is 5.78. The van der Waals surface area contributed by atoms with Crippen LogP contribution in [0.1, 0.15) is 27.2 Å². The Hall–Kier alpha value is -0.370. The molecular weight excluding hydrogens is 150 g/mol. The fraction of sp³-hybridized carbons (Fsp3) is 0.900. The smallest absolute Gasteiger partial charge is 0.134 e. The van der Waals surface area contributed by atoms with E-state index in [9.17, 15) is 4.79 Å². The number of carbonyl (C=O) groups is 1. The molecule has 2 nitrogen and oxygen atoms in total. The summed E-state index contributed by atoms with van der Waals surface area (Å²) in [5.74, 6) is 1.15. The minimum Gasteiger partial charge on any atom is -0.309 e. The van der Waals surface area contributed by atoms with Gasteiger partial charge >= 0.3 is 0 Å². The third-order valence-electron chi connectivity index (χ3n) is 1.92. The molecule has 0 N–H and O–H groups in total. The highest BCUT2D eigenvalue weighted by Gasteiger charge is 2.16. The maximum atomic E-state index is 11.2. The maximum Gasteiger partial charge on any atom is 0.134 e. The lowest BCUT2D eigenvalue weighted by molar-refractivity contribution is -0.121. The Bertz CT molecular complexity index is 131. The van der Waals surface area contributed by atoms with Gasteiger partial charge in [-0.2, -0.15) is 0 Å². The first-order chi connectivity index (χ1) is 5.43. The summed E-state index contributed by atoms with van der Waals surface area (Å²) in [5.41, 5.74) is 0. The van der Waals surface area contributed by atoms with Crippen LogP contribution < -0.4 is 0 Å². The van der Waals surface area contributed by atoms with Gasteiger partial charge in [-0.3, -0.25) is 4.79 Å². The number of hydrogen-bond donors (Lipinski definition) is 0. The van der Waals surface area contributed by atoms with E-state index in [1.54, 1.807) is 6.92 Å². The van der Waals surface area contributed by atoms with Crippen LogP contribution >= 0.6 is 0 Å². The van der Waals surface area contributed by atoms with Crippen LogP contribution in [0.4, 0.5) is 0 Å². The predicted octanol–water partition coefficient (Wildman–Crippen LogP) is 1.80. The molecule has 0 fully saturated rings. The first kappa shape index (κ1) is 11.6. The predicted molar refractivity (Wildman–Crippen MR) is 52.2 cm³/mol. The summed E-state index contributed by atoms with van der Waals surface area (Å²) in [6.07, 6.45) is 1.01. The van der Waals surface area contributed by atoms with Crippen molar-refractivity contribution < 1.29 is 4.79 Å². The first-order valence-corrected chi connectivity index (χ1v) is 4.58. The van der Waals surface area contributed by atoms with Gasteiger partial charge in [0.1, 0.15) is 5.78 Å². The maximum absolute atomic E-state index is 11.2. The van der Waals surface area contributed by atoms with Gasteiger partial charge in [0, 0.05) is 12.5 Å². The van der Waals surface area contributed by atoms with E-state index in [-0.39, 0.29) is 5.92 Å². The second kappa shape index (κ2) is 5.31. The zero-order valence-corrected chi connectivity index (χ0v) is 8.92. The number of hydrogen-bond acceptors (Lipinski definition) is 2. The highest BCUT2D eigenvalue weighted by Crippen LogP contribution is 2.13. The van der Waals surface area contributed by atoms with Crippen LogP contribution in [0.2, 0.25) is 0 Å². The molecule has 0 heterocycles. The Morgan fingerprint density at radius 2 is 1.83 bits per heavy atom. The Labute approximate surface area is 75.9 Å². The molecule has 0 amide bonds. The molecule has 72 valence electrons. The fourth-order valence-electron chi connectivity index (χ4n) is 1.38. The van der Waals surface area contributed by atoms with E-state index in [4.69, 9.17) is 0 Å². The molecule has 0 aliphatic rings. The lowest BCUT2D eigenvalue weighted by Gasteiger charge is -2.19.